The van der Waals surface area contributed by atoms with Crippen LogP contribution in [0.5, 0.6) is 0 Å². The van der Waals surface area contributed by atoms with E-state index in [-0.39, 0.29) is 24.0 Å². The number of hydrogen-bond donors (Lipinski definition) is 2. The van der Waals surface area contributed by atoms with Gasteiger partial charge in [-0.3, -0.25) is 0 Å². The van der Waals surface area contributed by atoms with Crippen LogP contribution in [0.1, 0.15) is 25.3 Å². The number of aromatic nitrogens is 1. The fourth-order valence-electron chi connectivity index (χ4n) is 2.32. The molecule has 0 unspecified atom stereocenters. The summed E-state index contributed by atoms with van der Waals surface area (Å²) in [7, 11) is 0. The summed E-state index contributed by atoms with van der Waals surface area (Å²) in [5.41, 5.74) is 1.12. The first-order valence-electron chi connectivity index (χ1n) is 7.66. The van der Waals surface area contributed by atoms with E-state index in [1.165, 1.54) is 12.8 Å². The Morgan fingerprint density at radius 2 is 2.14 bits per heavy atom. The largest absolute Gasteiger partial charge is 0.357 e. The zero-order chi connectivity index (χ0) is 14.9. The second-order valence-electron chi connectivity index (χ2n) is 5.08. The molecular formula is C16H26IN5. The topological polar surface area (TPSA) is 52.6 Å². The van der Waals surface area contributed by atoms with Crippen LogP contribution in [0.25, 0.3) is 0 Å². The minimum absolute atomic E-state index is 0. The van der Waals surface area contributed by atoms with E-state index in [1.807, 2.05) is 12.3 Å². The number of rotatable bonds is 6. The molecule has 2 N–H and O–H groups in total. The fraction of sp³-hybridized carbons (Fsp3) is 0.500. The molecule has 0 bridgehead atoms. The van der Waals surface area contributed by atoms with E-state index in [9.17, 15) is 0 Å². The molecule has 122 valence electrons. The number of aliphatic imine (C=N–C) groups is 1. The molecule has 0 spiro atoms. The summed E-state index contributed by atoms with van der Waals surface area (Å²) < 4.78 is 0. The lowest BCUT2D eigenvalue weighted by atomic mass is 10.3. The second kappa shape index (κ2) is 10.4. The highest BCUT2D eigenvalue weighted by Gasteiger charge is 2.12. The van der Waals surface area contributed by atoms with Crippen LogP contribution in [0.2, 0.25) is 0 Å². The van der Waals surface area contributed by atoms with Gasteiger partial charge in [0.05, 0.1) is 6.54 Å². The highest BCUT2D eigenvalue weighted by atomic mass is 127. The molecule has 22 heavy (non-hydrogen) atoms. The number of nitrogens with one attached hydrogen (secondary N) is 2. The molecule has 0 radical (unpaired) electrons. The highest BCUT2D eigenvalue weighted by Crippen LogP contribution is 2.17. The average molecular weight is 415 g/mol. The van der Waals surface area contributed by atoms with Crippen molar-refractivity contribution in [2.45, 2.75) is 26.3 Å². The molecule has 1 aliphatic heterocycles. The molecule has 1 fully saturated rings. The molecule has 2 rings (SSSR count). The van der Waals surface area contributed by atoms with Crippen molar-refractivity contribution in [3.63, 3.8) is 0 Å². The van der Waals surface area contributed by atoms with Gasteiger partial charge in [0.1, 0.15) is 5.82 Å². The lowest BCUT2D eigenvalue weighted by Crippen LogP contribution is -2.37. The number of halogens is 1. The molecule has 1 aromatic heterocycles. The van der Waals surface area contributed by atoms with E-state index >= 15 is 0 Å². The van der Waals surface area contributed by atoms with Crippen LogP contribution in [0.4, 0.5) is 5.82 Å². The number of guanidine groups is 1. The Bertz CT molecular complexity index is 466. The zero-order valence-electron chi connectivity index (χ0n) is 13.2. The molecule has 1 aliphatic rings. The van der Waals surface area contributed by atoms with Gasteiger partial charge in [-0.1, -0.05) is 12.1 Å². The lowest BCUT2D eigenvalue weighted by molar-refractivity contribution is 0.858. The normalized spacial score (nSPS) is 14.4. The Morgan fingerprint density at radius 1 is 1.36 bits per heavy atom. The van der Waals surface area contributed by atoms with Crippen molar-refractivity contribution in [3.05, 3.63) is 36.5 Å². The van der Waals surface area contributed by atoms with Gasteiger partial charge in [-0.05, 0) is 31.4 Å². The first-order chi connectivity index (χ1) is 10.3. The Kier molecular flexibility index (Phi) is 8.88. The van der Waals surface area contributed by atoms with Gasteiger partial charge in [0.25, 0.3) is 0 Å². The van der Waals surface area contributed by atoms with Gasteiger partial charge in [0.2, 0.25) is 0 Å². The summed E-state index contributed by atoms with van der Waals surface area (Å²) in [6.07, 6.45) is 6.29. The Morgan fingerprint density at radius 3 is 2.73 bits per heavy atom. The van der Waals surface area contributed by atoms with E-state index in [2.05, 4.69) is 51.1 Å². The maximum Gasteiger partial charge on any atom is 0.191 e. The third-order valence-corrected chi connectivity index (χ3v) is 3.42. The molecule has 1 aromatic rings. The van der Waals surface area contributed by atoms with Crippen molar-refractivity contribution < 1.29 is 0 Å². The third kappa shape index (κ3) is 5.82. The summed E-state index contributed by atoms with van der Waals surface area (Å²) in [6.45, 7) is 10.2. The molecule has 6 heteroatoms. The minimum Gasteiger partial charge on any atom is -0.357 e. The third-order valence-electron chi connectivity index (χ3n) is 3.42. The van der Waals surface area contributed by atoms with Crippen LogP contribution in [-0.4, -0.2) is 37.1 Å². The van der Waals surface area contributed by atoms with Gasteiger partial charge in [-0.25, -0.2) is 9.98 Å². The molecule has 0 atom stereocenters. The van der Waals surface area contributed by atoms with Gasteiger partial charge < -0.3 is 15.5 Å². The predicted octanol–water partition coefficient (Wildman–Crippen LogP) is 2.54. The van der Waals surface area contributed by atoms with Crippen molar-refractivity contribution in [1.29, 1.82) is 0 Å². The van der Waals surface area contributed by atoms with Gasteiger partial charge >= 0.3 is 0 Å². The van der Waals surface area contributed by atoms with Crippen LogP contribution >= 0.6 is 24.0 Å². The van der Waals surface area contributed by atoms with Gasteiger partial charge in [0.15, 0.2) is 5.96 Å². The number of pyridine rings is 1. The summed E-state index contributed by atoms with van der Waals surface area (Å²) in [4.78, 5) is 11.4. The van der Waals surface area contributed by atoms with Crippen LogP contribution < -0.4 is 15.5 Å². The number of anilines is 1. The van der Waals surface area contributed by atoms with Crippen molar-refractivity contribution in [1.82, 2.24) is 15.6 Å². The smallest absolute Gasteiger partial charge is 0.191 e. The molecule has 0 aromatic carbocycles. The van der Waals surface area contributed by atoms with Crippen molar-refractivity contribution in [2.75, 3.05) is 31.1 Å². The molecular weight excluding hydrogens is 389 g/mol. The number of nitrogens with zero attached hydrogens (tertiary/aromatic N) is 3. The molecule has 0 amide bonds. The van der Waals surface area contributed by atoms with E-state index in [4.69, 9.17) is 0 Å². The maximum atomic E-state index is 4.55. The van der Waals surface area contributed by atoms with Crippen molar-refractivity contribution >= 4 is 35.8 Å². The highest BCUT2D eigenvalue weighted by molar-refractivity contribution is 14.0. The monoisotopic (exact) mass is 415 g/mol. The standard InChI is InChI=1S/C16H25N5.HI/c1-3-9-18-16(17-4-2)20-13-14-7-8-15(19-12-14)21-10-5-6-11-21;/h3,7-8,12H,1,4-6,9-11,13H2,2H3,(H2,17,18,20);1H. The number of hydrogen-bond acceptors (Lipinski definition) is 3. The summed E-state index contributed by atoms with van der Waals surface area (Å²) in [5, 5.41) is 6.40. The van der Waals surface area contributed by atoms with E-state index in [0.29, 0.717) is 13.1 Å². The van der Waals surface area contributed by atoms with E-state index < -0.39 is 0 Å². The molecule has 0 saturated carbocycles. The quantitative estimate of drug-likeness (QED) is 0.325. The van der Waals surface area contributed by atoms with Crippen molar-refractivity contribution in [2.24, 2.45) is 4.99 Å². The van der Waals surface area contributed by atoms with E-state index in [0.717, 1.165) is 37.0 Å². The zero-order valence-corrected chi connectivity index (χ0v) is 15.5. The summed E-state index contributed by atoms with van der Waals surface area (Å²) in [5.74, 6) is 1.89. The first-order valence-corrected chi connectivity index (χ1v) is 7.66. The summed E-state index contributed by atoms with van der Waals surface area (Å²) >= 11 is 0. The van der Waals surface area contributed by atoms with Crippen LogP contribution in [0, 0.1) is 0 Å². The average Bonchev–Trinajstić information content (AvgIpc) is 3.05. The molecule has 5 nitrogen and oxygen atoms in total. The Labute approximate surface area is 150 Å². The SMILES string of the molecule is C=CCNC(=NCc1ccc(N2CCCC2)nc1)NCC.I. The van der Waals surface area contributed by atoms with Gasteiger partial charge in [-0.2, -0.15) is 0 Å². The maximum absolute atomic E-state index is 4.55. The Balaban J connectivity index is 0.00000242. The fourth-order valence-corrected chi connectivity index (χ4v) is 2.32. The summed E-state index contributed by atoms with van der Waals surface area (Å²) in [6, 6.07) is 4.21. The molecule has 2 heterocycles. The predicted molar refractivity (Wildman–Crippen MR) is 104 cm³/mol. The molecule has 1 saturated heterocycles. The first kappa shape index (κ1) is 18.7. The lowest BCUT2D eigenvalue weighted by Gasteiger charge is -2.16. The van der Waals surface area contributed by atoms with E-state index in [1.54, 1.807) is 0 Å². The second-order valence-corrected chi connectivity index (χ2v) is 5.08. The van der Waals surface area contributed by atoms with Gasteiger partial charge in [-0.15, -0.1) is 30.6 Å². The molecule has 0 aliphatic carbocycles. The van der Waals surface area contributed by atoms with Crippen LogP contribution in [-0.2, 0) is 6.54 Å². The van der Waals surface area contributed by atoms with Gasteiger partial charge in [0, 0.05) is 32.4 Å². The van der Waals surface area contributed by atoms with Crippen LogP contribution in [0.3, 0.4) is 0 Å². The Hall–Kier alpha value is -1.31. The van der Waals surface area contributed by atoms with Crippen molar-refractivity contribution in [3.8, 4) is 0 Å². The minimum atomic E-state index is 0. The van der Waals surface area contributed by atoms with Crippen LogP contribution in [0.15, 0.2) is 36.0 Å².